The van der Waals surface area contributed by atoms with E-state index >= 15 is 0 Å². The maximum Gasteiger partial charge on any atom is 0.357 e. The minimum absolute atomic E-state index is 0.301. The van der Waals surface area contributed by atoms with Gasteiger partial charge in [-0.1, -0.05) is 0 Å². The van der Waals surface area contributed by atoms with Crippen molar-refractivity contribution in [2.24, 2.45) is 0 Å². The molecule has 0 N–H and O–H groups in total. The van der Waals surface area contributed by atoms with Crippen LogP contribution in [0.5, 0.6) is 0 Å². The van der Waals surface area contributed by atoms with Gasteiger partial charge in [0.2, 0.25) is 0 Å². The summed E-state index contributed by atoms with van der Waals surface area (Å²) < 4.78 is 20.4. The van der Waals surface area contributed by atoms with E-state index in [9.17, 15) is 4.21 Å². The highest BCUT2D eigenvalue weighted by molar-refractivity contribution is 7.64. The zero-order chi connectivity index (χ0) is 8.53. The van der Waals surface area contributed by atoms with Crippen LogP contribution in [0.2, 0.25) is 0 Å². The SMILES string of the molecule is CCO[SiH](C=C=S=O)OCC. The second-order valence-corrected chi connectivity index (χ2v) is 3.79. The Kier molecular flexibility index (Phi) is 7.77. The van der Waals surface area contributed by atoms with Crippen molar-refractivity contribution >= 4 is 25.6 Å². The van der Waals surface area contributed by atoms with Gasteiger partial charge in [0.15, 0.2) is 0 Å². The smallest absolute Gasteiger partial charge is 0.357 e. The van der Waals surface area contributed by atoms with E-state index in [4.69, 9.17) is 8.85 Å². The van der Waals surface area contributed by atoms with Gasteiger partial charge in [0.25, 0.3) is 0 Å². The molecule has 3 nitrogen and oxygen atoms in total. The van der Waals surface area contributed by atoms with Crippen LogP contribution in [-0.2, 0) is 20.1 Å². The fourth-order valence-electron chi connectivity index (χ4n) is 0.556. The summed E-state index contributed by atoms with van der Waals surface area (Å²) in [4.78, 5) is 0. The van der Waals surface area contributed by atoms with E-state index in [0.717, 1.165) is 0 Å². The first kappa shape index (κ1) is 10.8. The topological polar surface area (TPSA) is 35.5 Å². The van der Waals surface area contributed by atoms with Crippen LogP contribution in [0.25, 0.3) is 0 Å². The third-order valence-electron chi connectivity index (χ3n) is 0.914. The quantitative estimate of drug-likeness (QED) is 0.454. The van der Waals surface area contributed by atoms with E-state index in [0.29, 0.717) is 24.5 Å². The number of hydrogen-bond donors (Lipinski definition) is 0. The van der Waals surface area contributed by atoms with Crippen LogP contribution in [0, 0.1) is 0 Å². The number of rotatable bonds is 5. The third kappa shape index (κ3) is 6.21. The molecule has 0 unspecified atom stereocenters. The van der Waals surface area contributed by atoms with Crippen LogP contribution in [0.15, 0.2) is 5.70 Å². The van der Waals surface area contributed by atoms with Crippen LogP contribution in [-0.4, -0.2) is 31.7 Å². The molecule has 0 aromatic carbocycles. The normalized spacial score (nSPS) is 9.36. The van der Waals surface area contributed by atoms with Gasteiger partial charge in [-0.25, -0.2) is 4.21 Å². The van der Waals surface area contributed by atoms with Gasteiger partial charge in [-0.3, -0.25) is 0 Å². The van der Waals surface area contributed by atoms with E-state index in [1.165, 1.54) is 0 Å². The second-order valence-electron chi connectivity index (χ2n) is 1.65. The van der Waals surface area contributed by atoms with Gasteiger partial charge in [-0.05, 0) is 18.9 Å². The molecule has 5 heteroatoms. The highest BCUT2D eigenvalue weighted by Crippen LogP contribution is 1.88. The van der Waals surface area contributed by atoms with Crippen molar-refractivity contribution in [1.29, 1.82) is 0 Å². The standard InChI is InChI=1S/C6H12O3SSi/c1-3-8-11(9-4-2)6-5-10-7/h6,11H,3-4H2,1-2H3. The van der Waals surface area contributed by atoms with E-state index in [1.807, 2.05) is 13.8 Å². The largest absolute Gasteiger partial charge is 0.394 e. The number of hydrogen-bond acceptors (Lipinski definition) is 3. The van der Waals surface area contributed by atoms with Gasteiger partial charge < -0.3 is 8.85 Å². The maximum absolute atomic E-state index is 9.93. The fourth-order valence-corrected chi connectivity index (χ4v) is 2.17. The molecule has 11 heavy (non-hydrogen) atoms. The fraction of sp³-hybridized carbons (Fsp3) is 0.667. The Morgan fingerprint density at radius 3 is 2.36 bits per heavy atom. The highest BCUT2D eigenvalue weighted by Gasteiger charge is 2.05. The predicted molar refractivity (Wildman–Crippen MR) is 48.1 cm³/mol. The summed E-state index contributed by atoms with van der Waals surface area (Å²) in [5, 5.41) is 2.47. The van der Waals surface area contributed by atoms with Crippen LogP contribution in [0.3, 0.4) is 0 Å². The molecule has 0 rings (SSSR count). The monoisotopic (exact) mass is 192 g/mol. The van der Waals surface area contributed by atoms with Crippen LogP contribution >= 0.6 is 0 Å². The molecule has 0 aliphatic carbocycles. The molecular formula is C6H12O3SSi. The molecule has 0 aliphatic heterocycles. The molecule has 0 saturated carbocycles. The molecule has 0 aromatic heterocycles. The molecule has 0 radical (unpaired) electrons. The average Bonchev–Trinajstić information content (AvgIpc) is 2.01. The summed E-state index contributed by atoms with van der Waals surface area (Å²) in [7, 11) is -1.71. The molecule has 0 fully saturated rings. The molecule has 0 aliphatic rings. The molecule has 0 amide bonds. The Morgan fingerprint density at radius 1 is 1.45 bits per heavy atom. The third-order valence-corrected chi connectivity index (χ3v) is 3.15. The maximum atomic E-state index is 9.93. The van der Waals surface area contributed by atoms with Crippen molar-refractivity contribution in [3.63, 3.8) is 0 Å². The van der Waals surface area contributed by atoms with Gasteiger partial charge in [0, 0.05) is 18.9 Å². The summed E-state index contributed by atoms with van der Waals surface area (Å²) >= 11 is 0.301. The van der Waals surface area contributed by atoms with Gasteiger partial charge in [-0.15, -0.1) is 0 Å². The predicted octanol–water partition coefficient (Wildman–Crippen LogP) is -0.0106. The van der Waals surface area contributed by atoms with Crippen molar-refractivity contribution in [1.82, 2.24) is 0 Å². The van der Waals surface area contributed by atoms with E-state index in [-0.39, 0.29) is 0 Å². The highest BCUT2D eigenvalue weighted by atomic mass is 32.1. The van der Waals surface area contributed by atoms with E-state index < -0.39 is 9.28 Å². The van der Waals surface area contributed by atoms with E-state index in [1.54, 1.807) is 5.70 Å². The lowest BCUT2D eigenvalue weighted by Crippen LogP contribution is -2.20. The first-order valence-electron chi connectivity index (χ1n) is 3.46. The summed E-state index contributed by atoms with van der Waals surface area (Å²) in [6.45, 7) is 5.05. The Morgan fingerprint density at radius 2 is 2.00 bits per heavy atom. The van der Waals surface area contributed by atoms with Crippen molar-refractivity contribution in [3.8, 4) is 0 Å². The van der Waals surface area contributed by atoms with Crippen LogP contribution in [0.1, 0.15) is 13.8 Å². The summed E-state index contributed by atoms with van der Waals surface area (Å²) in [6, 6.07) is 0. The Bertz CT molecular complexity index is 167. The minimum atomic E-state index is -1.71. The van der Waals surface area contributed by atoms with E-state index in [2.05, 4.69) is 5.02 Å². The molecule has 0 heterocycles. The molecule has 0 spiro atoms. The Hall–Kier alpha value is -0.193. The zero-order valence-electron chi connectivity index (χ0n) is 6.70. The lowest BCUT2D eigenvalue weighted by atomic mass is 10.9. The lowest BCUT2D eigenvalue weighted by Gasteiger charge is -2.07. The molecule has 0 aromatic rings. The summed E-state index contributed by atoms with van der Waals surface area (Å²) in [5.41, 5.74) is 1.62. The molecule has 64 valence electrons. The van der Waals surface area contributed by atoms with Crippen molar-refractivity contribution in [3.05, 3.63) is 5.70 Å². The van der Waals surface area contributed by atoms with Crippen LogP contribution < -0.4 is 0 Å². The Labute approximate surface area is 71.9 Å². The average molecular weight is 192 g/mol. The lowest BCUT2D eigenvalue weighted by molar-refractivity contribution is 0.224. The van der Waals surface area contributed by atoms with Gasteiger partial charge >= 0.3 is 9.28 Å². The molecule has 0 atom stereocenters. The summed E-state index contributed by atoms with van der Waals surface area (Å²) in [6.07, 6.45) is 0. The molecule has 0 saturated heterocycles. The minimum Gasteiger partial charge on any atom is -0.394 e. The second kappa shape index (κ2) is 7.91. The van der Waals surface area contributed by atoms with Gasteiger partial charge in [-0.2, -0.15) is 0 Å². The Balaban J connectivity index is 3.87. The zero-order valence-corrected chi connectivity index (χ0v) is 8.67. The molecular weight excluding hydrogens is 180 g/mol. The van der Waals surface area contributed by atoms with Crippen molar-refractivity contribution < 1.29 is 13.1 Å². The molecule has 0 bridgehead atoms. The van der Waals surface area contributed by atoms with Gasteiger partial charge in [0.05, 0.1) is 0 Å². The summed E-state index contributed by atoms with van der Waals surface area (Å²) in [5.74, 6) is 0. The first-order chi connectivity index (χ1) is 5.35. The van der Waals surface area contributed by atoms with Gasteiger partial charge in [0.1, 0.15) is 11.3 Å². The van der Waals surface area contributed by atoms with Crippen LogP contribution in [0.4, 0.5) is 0 Å². The van der Waals surface area contributed by atoms with Crippen molar-refractivity contribution in [2.45, 2.75) is 13.8 Å². The van der Waals surface area contributed by atoms with Crippen molar-refractivity contribution in [2.75, 3.05) is 13.2 Å². The first-order valence-corrected chi connectivity index (χ1v) is 5.81.